The van der Waals surface area contributed by atoms with Crippen LogP contribution in [0.1, 0.15) is 22.8 Å². The van der Waals surface area contributed by atoms with E-state index < -0.39 is 0 Å². The second-order valence-electron chi connectivity index (χ2n) is 2.66. The summed E-state index contributed by atoms with van der Waals surface area (Å²) in [6.45, 7) is 2.05. The number of nitrogens with zero attached hydrogens (tertiary/aromatic N) is 1. The summed E-state index contributed by atoms with van der Waals surface area (Å²) in [4.78, 5) is 11.1. The van der Waals surface area contributed by atoms with Gasteiger partial charge in [0.2, 0.25) is 5.78 Å². The molecule has 1 rings (SSSR count). The van der Waals surface area contributed by atoms with Gasteiger partial charge in [0.25, 0.3) is 0 Å². The molecule has 0 fully saturated rings. The van der Waals surface area contributed by atoms with E-state index in [1.54, 1.807) is 12.1 Å². The standard InChI is InChI=1S/C10H11NO2/c1-2-8-3-5-9(6-4-8)10(12)7-11-13/h3-7,13H,2H2,1H3/b11-7+. The van der Waals surface area contributed by atoms with Crippen LogP contribution in [0.2, 0.25) is 0 Å². The average molecular weight is 177 g/mol. The lowest BCUT2D eigenvalue weighted by molar-refractivity contribution is 0.106. The van der Waals surface area contributed by atoms with Crippen LogP contribution in [-0.4, -0.2) is 17.2 Å². The third-order valence-corrected chi connectivity index (χ3v) is 1.82. The Balaban J connectivity index is 2.85. The molecule has 3 nitrogen and oxygen atoms in total. The van der Waals surface area contributed by atoms with Crippen molar-refractivity contribution in [3.05, 3.63) is 35.4 Å². The number of ketones is 1. The van der Waals surface area contributed by atoms with Crippen molar-refractivity contribution < 1.29 is 10.0 Å². The molecule has 68 valence electrons. The summed E-state index contributed by atoms with van der Waals surface area (Å²) in [5, 5.41) is 10.8. The molecule has 0 bridgehead atoms. The zero-order chi connectivity index (χ0) is 9.68. The second kappa shape index (κ2) is 4.40. The molecule has 0 spiro atoms. The number of hydrogen-bond donors (Lipinski definition) is 1. The summed E-state index contributed by atoms with van der Waals surface area (Å²) in [5.41, 5.74) is 1.72. The summed E-state index contributed by atoms with van der Waals surface area (Å²) >= 11 is 0. The largest absolute Gasteiger partial charge is 0.411 e. The van der Waals surface area contributed by atoms with Gasteiger partial charge in [0.1, 0.15) is 6.21 Å². The van der Waals surface area contributed by atoms with E-state index in [0.29, 0.717) is 5.56 Å². The fourth-order valence-corrected chi connectivity index (χ4v) is 1.03. The highest BCUT2D eigenvalue weighted by molar-refractivity contribution is 6.35. The quantitative estimate of drug-likeness (QED) is 0.332. The Morgan fingerprint density at radius 1 is 1.46 bits per heavy atom. The Hall–Kier alpha value is -1.64. The Morgan fingerprint density at radius 2 is 2.08 bits per heavy atom. The number of carbonyl (C=O) groups is 1. The molecule has 0 saturated carbocycles. The molecule has 1 aromatic rings. The maximum atomic E-state index is 11.1. The number of benzene rings is 1. The van der Waals surface area contributed by atoms with Crippen LogP contribution in [0.5, 0.6) is 0 Å². The van der Waals surface area contributed by atoms with Crippen LogP contribution in [0, 0.1) is 0 Å². The van der Waals surface area contributed by atoms with Gasteiger partial charge < -0.3 is 5.21 Å². The minimum atomic E-state index is -0.287. The predicted molar refractivity (Wildman–Crippen MR) is 50.4 cm³/mol. The van der Waals surface area contributed by atoms with Gasteiger partial charge in [-0.2, -0.15) is 0 Å². The summed E-state index contributed by atoms with van der Waals surface area (Å²) in [6.07, 6.45) is 1.84. The highest BCUT2D eigenvalue weighted by atomic mass is 16.4. The third kappa shape index (κ3) is 2.40. The van der Waals surface area contributed by atoms with Gasteiger partial charge in [-0.1, -0.05) is 36.3 Å². The third-order valence-electron chi connectivity index (χ3n) is 1.82. The average Bonchev–Trinajstić information content (AvgIpc) is 2.18. The molecule has 0 saturated heterocycles. The predicted octanol–water partition coefficient (Wildman–Crippen LogP) is 1.89. The molecule has 0 aliphatic heterocycles. The number of oxime groups is 1. The normalized spacial score (nSPS) is 10.5. The smallest absolute Gasteiger partial charge is 0.207 e. The summed E-state index contributed by atoms with van der Waals surface area (Å²) < 4.78 is 0. The zero-order valence-corrected chi connectivity index (χ0v) is 7.40. The molecule has 0 unspecified atom stereocenters. The van der Waals surface area contributed by atoms with E-state index in [0.717, 1.165) is 12.6 Å². The van der Waals surface area contributed by atoms with Gasteiger partial charge >= 0.3 is 0 Å². The molecule has 0 atom stereocenters. The molecule has 0 amide bonds. The van der Waals surface area contributed by atoms with Crippen LogP contribution in [-0.2, 0) is 6.42 Å². The van der Waals surface area contributed by atoms with Crippen LogP contribution >= 0.6 is 0 Å². The molecule has 0 heterocycles. The Kier molecular flexibility index (Phi) is 3.20. The van der Waals surface area contributed by atoms with Crippen molar-refractivity contribution in [2.24, 2.45) is 5.16 Å². The van der Waals surface area contributed by atoms with Crippen LogP contribution in [0.15, 0.2) is 29.4 Å². The first-order chi connectivity index (χ1) is 6.27. The number of rotatable bonds is 3. The van der Waals surface area contributed by atoms with Crippen LogP contribution < -0.4 is 0 Å². The highest BCUT2D eigenvalue weighted by Crippen LogP contribution is 2.04. The van der Waals surface area contributed by atoms with Gasteiger partial charge in [-0.3, -0.25) is 4.79 Å². The summed E-state index contributed by atoms with van der Waals surface area (Å²) in [6, 6.07) is 7.22. The van der Waals surface area contributed by atoms with Gasteiger partial charge in [-0.05, 0) is 12.0 Å². The lowest BCUT2D eigenvalue weighted by Gasteiger charge is -1.97. The first kappa shape index (κ1) is 9.45. The fourth-order valence-electron chi connectivity index (χ4n) is 1.03. The summed E-state index contributed by atoms with van der Waals surface area (Å²) in [7, 11) is 0. The Bertz CT molecular complexity index is 314. The van der Waals surface area contributed by atoms with Crippen molar-refractivity contribution in [1.29, 1.82) is 0 Å². The van der Waals surface area contributed by atoms with Crippen molar-refractivity contribution in [3.63, 3.8) is 0 Å². The van der Waals surface area contributed by atoms with Crippen molar-refractivity contribution >= 4 is 12.0 Å². The molecular formula is C10H11NO2. The number of Topliss-reactive ketones (excluding diaryl/α,β-unsaturated/α-hetero) is 1. The Morgan fingerprint density at radius 3 is 2.54 bits per heavy atom. The van der Waals surface area contributed by atoms with Gasteiger partial charge in [0.15, 0.2) is 0 Å². The molecule has 0 radical (unpaired) electrons. The van der Waals surface area contributed by atoms with Crippen molar-refractivity contribution in [2.45, 2.75) is 13.3 Å². The second-order valence-corrected chi connectivity index (χ2v) is 2.66. The van der Waals surface area contributed by atoms with E-state index in [9.17, 15) is 4.79 Å². The van der Waals surface area contributed by atoms with Crippen molar-refractivity contribution in [1.82, 2.24) is 0 Å². The van der Waals surface area contributed by atoms with Crippen molar-refractivity contribution in [2.75, 3.05) is 0 Å². The van der Waals surface area contributed by atoms with Crippen LogP contribution in [0.3, 0.4) is 0 Å². The monoisotopic (exact) mass is 177 g/mol. The van der Waals surface area contributed by atoms with E-state index in [-0.39, 0.29) is 5.78 Å². The van der Waals surface area contributed by atoms with E-state index >= 15 is 0 Å². The number of hydrogen-bond acceptors (Lipinski definition) is 3. The summed E-state index contributed by atoms with van der Waals surface area (Å²) in [5.74, 6) is -0.287. The van der Waals surface area contributed by atoms with Gasteiger partial charge in [0.05, 0.1) is 0 Å². The van der Waals surface area contributed by atoms with Gasteiger partial charge in [-0.25, -0.2) is 0 Å². The zero-order valence-electron chi connectivity index (χ0n) is 7.40. The first-order valence-electron chi connectivity index (χ1n) is 4.08. The minimum absolute atomic E-state index is 0.287. The van der Waals surface area contributed by atoms with E-state index in [4.69, 9.17) is 5.21 Å². The highest BCUT2D eigenvalue weighted by Gasteiger charge is 2.01. The van der Waals surface area contributed by atoms with Gasteiger partial charge in [0, 0.05) is 5.56 Å². The molecule has 0 aromatic heterocycles. The van der Waals surface area contributed by atoms with Crippen molar-refractivity contribution in [3.8, 4) is 0 Å². The van der Waals surface area contributed by atoms with E-state index in [1.807, 2.05) is 19.1 Å². The topological polar surface area (TPSA) is 49.7 Å². The molecule has 0 aliphatic rings. The molecule has 1 aromatic carbocycles. The molecule has 3 heteroatoms. The molecule has 1 N–H and O–H groups in total. The molecular weight excluding hydrogens is 166 g/mol. The van der Waals surface area contributed by atoms with Crippen LogP contribution in [0.25, 0.3) is 0 Å². The Labute approximate surface area is 76.7 Å². The fraction of sp³-hybridized carbons (Fsp3) is 0.200. The molecule has 0 aliphatic carbocycles. The molecule has 13 heavy (non-hydrogen) atoms. The van der Waals surface area contributed by atoms with Gasteiger partial charge in [-0.15, -0.1) is 0 Å². The lowest BCUT2D eigenvalue weighted by atomic mass is 10.1. The van der Waals surface area contributed by atoms with E-state index in [1.165, 1.54) is 5.56 Å². The maximum Gasteiger partial charge on any atom is 0.207 e. The number of carbonyl (C=O) groups excluding carboxylic acids is 1. The van der Waals surface area contributed by atoms with E-state index in [2.05, 4.69) is 5.16 Å². The first-order valence-corrected chi connectivity index (χ1v) is 4.08. The lowest BCUT2D eigenvalue weighted by Crippen LogP contribution is -1.99. The SMILES string of the molecule is CCc1ccc(C(=O)/C=N/O)cc1. The minimum Gasteiger partial charge on any atom is -0.411 e. The van der Waals surface area contributed by atoms with Crippen LogP contribution in [0.4, 0.5) is 0 Å². The maximum absolute atomic E-state index is 11.1. The number of aryl methyl sites for hydroxylation is 1.